The van der Waals surface area contributed by atoms with Crippen LogP contribution in [0.4, 0.5) is 0 Å². The molecule has 0 aromatic heterocycles. The minimum Gasteiger partial charge on any atom is -0.494 e. The maximum atomic E-state index is 6.56. The van der Waals surface area contributed by atoms with Crippen molar-refractivity contribution in [2.24, 2.45) is 5.92 Å². The molecule has 5 nitrogen and oxygen atoms in total. The molecule has 1 saturated carbocycles. The van der Waals surface area contributed by atoms with Gasteiger partial charge in [0.15, 0.2) is 0 Å². The monoisotopic (exact) mass is 372 g/mol. The predicted molar refractivity (Wildman–Crippen MR) is 98.6 cm³/mol. The molecular weight excluding hydrogens is 343 g/mol. The van der Waals surface area contributed by atoms with Crippen LogP contribution in [0.5, 0.6) is 0 Å². The van der Waals surface area contributed by atoms with E-state index in [0.29, 0.717) is 12.0 Å². The van der Waals surface area contributed by atoms with Crippen LogP contribution >= 0.6 is 6.34 Å². The normalized spacial score (nSPS) is 33.4. The first kappa shape index (κ1) is 17.4. The lowest BCUT2D eigenvalue weighted by atomic mass is 9.87. The minimum absolute atomic E-state index is 0.373. The van der Waals surface area contributed by atoms with E-state index >= 15 is 0 Å². The highest BCUT2D eigenvalue weighted by molar-refractivity contribution is 8.14. The summed E-state index contributed by atoms with van der Waals surface area (Å²) in [5.74, 6) is 1.67. The number of hydrogen-bond acceptors (Lipinski definition) is 4. The molecule has 0 radical (unpaired) electrons. The summed E-state index contributed by atoms with van der Waals surface area (Å²) in [6, 6.07) is 0. The van der Waals surface area contributed by atoms with Crippen molar-refractivity contribution in [3.8, 4) is 0 Å². The van der Waals surface area contributed by atoms with Crippen molar-refractivity contribution in [2.75, 3.05) is 52.6 Å². The van der Waals surface area contributed by atoms with Gasteiger partial charge in [0.1, 0.15) is 18.2 Å². The van der Waals surface area contributed by atoms with Crippen LogP contribution in [0.3, 0.4) is 0 Å². The highest BCUT2D eigenvalue weighted by atomic mass is 32.4. The van der Waals surface area contributed by atoms with Gasteiger partial charge in [-0.3, -0.25) is 9.34 Å². The molecule has 3 fully saturated rings. The summed E-state index contributed by atoms with van der Waals surface area (Å²) in [6.45, 7) is 9.13. The summed E-state index contributed by atoms with van der Waals surface area (Å²) in [4.78, 5) is 0. The first-order valence-corrected chi connectivity index (χ1v) is 12.1. The number of fused-ring (bicyclic) bond motifs is 1. The lowest BCUT2D eigenvalue weighted by molar-refractivity contribution is 0.0580. The van der Waals surface area contributed by atoms with Crippen molar-refractivity contribution in [3.63, 3.8) is 0 Å². The number of hydrogen-bond donors (Lipinski definition) is 0. The standard InChI is InChI=1S/C17H29N2O3PS/c1-14-17(15-4-2-3-5-16(15)22-14)23(24,18-6-10-20-11-7-18)19-8-12-21-13-9-19/h15-16H,2-13H2,1H3. The molecule has 3 aliphatic heterocycles. The van der Waals surface area contributed by atoms with Crippen molar-refractivity contribution in [2.45, 2.75) is 38.7 Å². The van der Waals surface area contributed by atoms with Crippen LogP contribution in [0.2, 0.25) is 0 Å². The summed E-state index contributed by atoms with van der Waals surface area (Å²) in [5.41, 5.74) is 0. The third-order valence-corrected chi connectivity index (χ3v) is 11.4. The van der Waals surface area contributed by atoms with Crippen molar-refractivity contribution >= 4 is 18.1 Å². The van der Waals surface area contributed by atoms with Gasteiger partial charge in [-0.2, -0.15) is 0 Å². The Bertz CT molecular complexity index is 522. The number of allylic oxidation sites excluding steroid dienone is 1. The lowest BCUT2D eigenvalue weighted by Gasteiger charge is -2.47. The smallest absolute Gasteiger partial charge is 0.107 e. The molecule has 0 amide bonds. The summed E-state index contributed by atoms with van der Waals surface area (Å²) < 4.78 is 22.7. The van der Waals surface area contributed by atoms with Crippen LogP contribution in [0.15, 0.2) is 11.1 Å². The van der Waals surface area contributed by atoms with Crippen molar-refractivity contribution in [1.82, 2.24) is 9.34 Å². The van der Waals surface area contributed by atoms with Crippen LogP contribution in [-0.2, 0) is 26.0 Å². The van der Waals surface area contributed by atoms with Gasteiger partial charge in [0, 0.05) is 37.4 Å². The van der Waals surface area contributed by atoms with E-state index in [1.54, 1.807) is 0 Å². The fourth-order valence-electron chi connectivity index (χ4n) is 4.65. The van der Waals surface area contributed by atoms with E-state index in [1.807, 2.05) is 0 Å². The summed E-state index contributed by atoms with van der Waals surface area (Å²) >= 11 is 6.56. The van der Waals surface area contributed by atoms with Gasteiger partial charge in [0.05, 0.1) is 26.4 Å². The quantitative estimate of drug-likeness (QED) is 0.709. The zero-order valence-corrected chi connectivity index (χ0v) is 16.3. The Morgan fingerprint density at radius 2 is 1.46 bits per heavy atom. The Labute approximate surface area is 150 Å². The second kappa shape index (κ2) is 7.34. The van der Waals surface area contributed by atoms with E-state index in [0.717, 1.165) is 58.4 Å². The van der Waals surface area contributed by atoms with Gasteiger partial charge in [-0.15, -0.1) is 0 Å². The lowest BCUT2D eigenvalue weighted by Crippen LogP contribution is -2.44. The Hall–Kier alpha value is 0.0300. The Morgan fingerprint density at radius 1 is 0.917 bits per heavy atom. The largest absolute Gasteiger partial charge is 0.494 e. The van der Waals surface area contributed by atoms with Crippen LogP contribution < -0.4 is 0 Å². The van der Waals surface area contributed by atoms with Gasteiger partial charge in [0.2, 0.25) is 0 Å². The van der Waals surface area contributed by atoms with Gasteiger partial charge >= 0.3 is 0 Å². The number of rotatable bonds is 3. The minimum atomic E-state index is -1.97. The van der Waals surface area contributed by atoms with Crippen LogP contribution in [0.25, 0.3) is 0 Å². The van der Waals surface area contributed by atoms with Gasteiger partial charge in [-0.25, -0.2) is 0 Å². The third-order valence-electron chi connectivity index (χ3n) is 5.80. The molecule has 4 aliphatic rings. The second-order valence-corrected chi connectivity index (χ2v) is 11.4. The first-order valence-electron chi connectivity index (χ1n) is 9.35. The molecule has 136 valence electrons. The molecule has 1 aliphatic carbocycles. The van der Waals surface area contributed by atoms with Gasteiger partial charge in [-0.1, -0.05) is 18.2 Å². The maximum Gasteiger partial charge on any atom is 0.107 e. The fourth-order valence-corrected chi connectivity index (χ4v) is 9.99. The average molecular weight is 372 g/mol. The SMILES string of the molecule is CC1=C(P(=S)(N2CCOCC2)N2CCOCC2)C2CCCCC2O1. The summed E-state index contributed by atoms with van der Waals surface area (Å²) in [7, 11) is 0. The van der Waals surface area contributed by atoms with E-state index in [2.05, 4.69) is 16.3 Å². The molecule has 2 unspecified atom stereocenters. The van der Waals surface area contributed by atoms with E-state index in [4.69, 9.17) is 26.0 Å². The topological polar surface area (TPSA) is 34.2 Å². The van der Waals surface area contributed by atoms with E-state index in [-0.39, 0.29) is 0 Å². The fraction of sp³-hybridized carbons (Fsp3) is 0.882. The van der Waals surface area contributed by atoms with Crippen LogP contribution in [0.1, 0.15) is 32.6 Å². The molecule has 4 rings (SSSR count). The molecule has 0 bridgehead atoms. The highest BCUT2D eigenvalue weighted by Gasteiger charge is 2.48. The second-order valence-electron chi connectivity index (χ2n) is 7.16. The summed E-state index contributed by atoms with van der Waals surface area (Å²) in [6.07, 6.45) is 3.43. The zero-order valence-electron chi connectivity index (χ0n) is 14.6. The zero-order chi connectivity index (χ0) is 16.6. The third kappa shape index (κ3) is 3.00. The molecular formula is C17H29N2O3PS. The van der Waals surface area contributed by atoms with Crippen molar-refractivity contribution in [1.29, 1.82) is 0 Å². The average Bonchev–Trinajstić information content (AvgIpc) is 2.99. The van der Waals surface area contributed by atoms with E-state index in [1.165, 1.54) is 31.0 Å². The maximum absolute atomic E-state index is 6.56. The molecule has 0 N–H and O–H groups in total. The molecule has 0 spiro atoms. The predicted octanol–water partition coefficient (Wildman–Crippen LogP) is 2.78. The van der Waals surface area contributed by atoms with E-state index in [9.17, 15) is 0 Å². The van der Waals surface area contributed by atoms with E-state index < -0.39 is 6.34 Å². The Morgan fingerprint density at radius 3 is 2.04 bits per heavy atom. The molecule has 0 aromatic rings. The molecule has 3 heterocycles. The molecule has 0 aromatic carbocycles. The molecule has 2 saturated heterocycles. The van der Waals surface area contributed by atoms with Crippen LogP contribution in [0, 0.1) is 5.92 Å². The number of ether oxygens (including phenoxy) is 3. The first-order chi connectivity index (χ1) is 11.7. The van der Waals surface area contributed by atoms with Gasteiger partial charge in [-0.05, 0) is 26.2 Å². The van der Waals surface area contributed by atoms with Crippen molar-refractivity contribution < 1.29 is 14.2 Å². The highest BCUT2D eigenvalue weighted by Crippen LogP contribution is 2.67. The van der Waals surface area contributed by atoms with Gasteiger partial charge in [0.25, 0.3) is 0 Å². The summed E-state index contributed by atoms with van der Waals surface area (Å²) in [5, 5.41) is 1.48. The molecule has 24 heavy (non-hydrogen) atoms. The van der Waals surface area contributed by atoms with Crippen LogP contribution in [-0.4, -0.2) is 68.1 Å². The van der Waals surface area contributed by atoms with Gasteiger partial charge < -0.3 is 14.2 Å². The Balaban J connectivity index is 1.71. The number of morpholine rings is 2. The van der Waals surface area contributed by atoms with Crippen molar-refractivity contribution in [3.05, 3.63) is 11.1 Å². The number of nitrogens with zero attached hydrogens (tertiary/aromatic N) is 2. The molecule has 2 atom stereocenters. The Kier molecular flexibility index (Phi) is 5.33. The molecule has 7 heteroatoms.